The van der Waals surface area contributed by atoms with Crippen molar-refractivity contribution in [2.75, 3.05) is 0 Å². The number of fused-ring (bicyclic) bond motifs is 2. The Hall–Kier alpha value is -5.76. The molecule has 0 saturated heterocycles. The van der Waals surface area contributed by atoms with Gasteiger partial charge >= 0.3 is 0 Å². The molecular weight excluding hydrogens is 916 g/mol. The van der Waals surface area contributed by atoms with Gasteiger partial charge in [0.1, 0.15) is 7.14 Å². The Balaban J connectivity index is 0.000000176. The van der Waals surface area contributed by atoms with Gasteiger partial charge in [0.2, 0.25) is 0 Å². The van der Waals surface area contributed by atoms with Crippen molar-refractivity contribution in [3.63, 3.8) is 0 Å². The zero-order chi connectivity index (χ0) is 40.4. The molecule has 0 aliphatic heterocycles. The minimum Gasteiger partial charge on any atom is -0.311 e. The number of hydrogen-bond acceptors (Lipinski definition) is 3. The third-order valence-electron chi connectivity index (χ3n) is 10.6. The van der Waals surface area contributed by atoms with E-state index in [1.165, 1.54) is 27.8 Å². The molecule has 0 amide bonds. The van der Waals surface area contributed by atoms with Crippen LogP contribution in [0.25, 0.3) is 55.3 Å². The van der Waals surface area contributed by atoms with E-state index in [0.29, 0.717) is 0 Å². The van der Waals surface area contributed by atoms with E-state index in [1.807, 2.05) is 79.0 Å². The molecule has 3 nitrogen and oxygen atoms in total. The fraction of sp³-hybridized carbons (Fsp3) is 0.111. The summed E-state index contributed by atoms with van der Waals surface area (Å²) in [6.45, 7) is 12.7. The van der Waals surface area contributed by atoms with Crippen LogP contribution in [0.3, 0.4) is 0 Å². The molecule has 0 spiro atoms. The van der Waals surface area contributed by atoms with Crippen LogP contribution in [0.2, 0.25) is 0 Å². The molecular formula is C54H45IrN2OP-2. The molecule has 1 radical (unpaired) electrons. The van der Waals surface area contributed by atoms with Crippen LogP contribution in [0.5, 0.6) is 0 Å². The van der Waals surface area contributed by atoms with Gasteiger partial charge in [-0.2, -0.15) is 18.2 Å². The summed E-state index contributed by atoms with van der Waals surface area (Å²) in [7, 11) is -3.04. The number of rotatable bonds is 6. The molecule has 9 rings (SSSR count). The SMILES string of the molecule is Cc1[c-]c(-c2ncc(-c3cc(C)ccc3C)nc2-c2cc(C)cc(C)c2)cc(C)c1.O=P(c1[c-]cc2ccccc2c1)(c1ccccc1)c1ccc2ccccc2c1.[Ir]. The number of benzene rings is 8. The van der Waals surface area contributed by atoms with E-state index in [0.717, 1.165) is 76.8 Å². The van der Waals surface area contributed by atoms with Gasteiger partial charge in [-0.3, -0.25) is 4.98 Å². The molecule has 5 heteroatoms. The molecule has 1 aromatic heterocycles. The topological polar surface area (TPSA) is 42.9 Å². The van der Waals surface area contributed by atoms with E-state index in [9.17, 15) is 4.57 Å². The number of aromatic nitrogens is 2. The molecule has 0 bridgehead atoms. The summed E-state index contributed by atoms with van der Waals surface area (Å²) in [5, 5.41) is 6.83. The first-order valence-corrected chi connectivity index (χ1v) is 21.4. The maximum atomic E-state index is 14.7. The summed E-state index contributed by atoms with van der Waals surface area (Å²) in [4.78, 5) is 10.1. The van der Waals surface area contributed by atoms with Gasteiger partial charge in [-0.25, -0.2) is 0 Å². The second-order valence-corrected chi connectivity index (χ2v) is 18.1. The van der Waals surface area contributed by atoms with E-state index in [2.05, 4.69) is 139 Å². The quantitative estimate of drug-likeness (QED) is 0.123. The molecule has 59 heavy (non-hydrogen) atoms. The smallest absolute Gasteiger partial charge is 0.147 e. The van der Waals surface area contributed by atoms with Crippen molar-refractivity contribution >= 4 is 44.6 Å². The van der Waals surface area contributed by atoms with Crippen LogP contribution >= 0.6 is 7.14 Å². The molecule has 1 atom stereocenters. The third-order valence-corrected chi connectivity index (χ3v) is 13.5. The molecule has 0 saturated carbocycles. The Morgan fingerprint density at radius 2 is 1.17 bits per heavy atom. The van der Waals surface area contributed by atoms with E-state index >= 15 is 0 Å². The van der Waals surface area contributed by atoms with Gasteiger partial charge in [-0.05, 0) is 61.7 Å². The van der Waals surface area contributed by atoms with Crippen molar-refractivity contribution in [3.8, 4) is 33.8 Å². The molecule has 8 aromatic carbocycles. The van der Waals surface area contributed by atoms with E-state index in [-0.39, 0.29) is 20.1 Å². The van der Waals surface area contributed by atoms with Gasteiger partial charge in [-0.1, -0.05) is 151 Å². The van der Waals surface area contributed by atoms with Gasteiger partial charge in [0.05, 0.1) is 11.4 Å². The van der Waals surface area contributed by atoms with Gasteiger partial charge in [0.15, 0.2) is 0 Å². The maximum Gasteiger partial charge on any atom is 0.147 e. The third kappa shape index (κ3) is 8.82. The fourth-order valence-corrected chi connectivity index (χ4v) is 10.4. The average Bonchev–Trinajstić information content (AvgIpc) is 3.23. The summed E-state index contributed by atoms with van der Waals surface area (Å²) in [5.41, 5.74) is 13.1. The van der Waals surface area contributed by atoms with Gasteiger partial charge in [-0.15, -0.1) is 51.7 Å². The van der Waals surface area contributed by atoms with Crippen molar-refractivity contribution < 1.29 is 24.7 Å². The monoisotopic (exact) mass is 961 g/mol. The molecule has 0 fully saturated rings. The first kappa shape index (κ1) is 41.4. The standard InChI is InChI=1S/C28H27N2.C26H18OP.Ir/c1-17-7-8-22(6)25(15-17)26-16-29-27(23-11-18(2)9-19(3)12-23)28(30-26)24-13-20(4)10-21(5)14-24;27-28(24-12-2-1-3-13-24,25-16-14-20-8-4-6-10-22(20)18-25)26-17-15-21-9-5-7-11-23(21)19-26;/h7-11,13-16H,1-6H3;1-16,18-19H;/q2*-1;. The van der Waals surface area contributed by atoms with Gasteiger partial charge < -0.3 is 9.55 Å². The first-order valence-electron chi connectivity index (χ1n) is 19.7. The van der Waals surface area contributed by atoms with Crippen LogP contribution in [-0.4, -0.2) is 9.97 Å². The van der Waals surface area contributed by atoms with Crippen molar-refractivity contribution in [1.29, 1.82) is 0 Å². The summed E-state index contributed by atoms with van der Waals surface area (Å²) in [6.07, 6.45) is 1.90. The van der Waals surface area contributed by atoms with Crippen LogP contribution in [0, 0.1) is 53.7 Å². The molecule has 293 valence electrons. The number of nitrogens with zero attached hydrogens (tertiary/aromatic N) is 2. The Morgan fingerprint density at radius 1 is 0.525 bits per heavy atom. The Labute approximate surface area is 362 Å². The minimum atomic E-state index is -3.04. The van der Waals surface area contributed by atoms with Crippen LogP contribution in [0.1, 0.15) is 33.4 Å². The normalized spacial score (nSPS) is 12.0. The zero-order valence-corrected chi connectivity index (χ0v) is 37.5. The van der Waals surface area contributed by atoms with E-state index in [4.69, 9.17) is 9.97 Å². The van der Waals surface area contributed by atoms with Gasteiger partial charge in [0, 0.05) is 48.2 Å². The second-order valence-electron chi connectivity index (χ2n) is 15.3. The van der Waals surface area contributed by atoms with E-state index in [1.54, 1.807) is 0 Å². The molecule has 9 aromatic rings. The summed E-state index contributed by atoms with van der Waals surface area (Å²) in [5.74, 6) is 0. The number of aryl methyl sites for hydroxylation is 6. The molecule has 0 aliphatic carbocycles. The van der Waals surface area contributed by atoms with Crippen LogP contribution in [0.4, 0.5) is 0 Å². The summed E-state index contributed by atoms with van der Waals surface area (Å²) in [6, 6.07) is 60.3. The van der Waals surface area contributed by atoms with Crippen molar-refractivity contribution in [3.05, 3.63) is 209 Å². The van der Waals surface area contributed by atoms with Crippen LogP contribution < -0.4 is 15.9 Å². The van der Waals surface area contributed by atoms with Crippen molar-refractivity contribution in [2.24, 2.45) is 0 Å². The van der Waals surface area contributed by atoms with Crippen molar-refractivity contribution in [2.45, 2.75) is 41.5 Å². The Kier molecular flexibility index (Phi) is 12.4. The van der Waals surface area contributed by atoms with Crippen molar-refractivity contribution in [1.82, 2.24) is 9.97 Å². The summed E-state index contributed by atoms with van der Waals surface area (Å²) < 4.78 is 14.7. The zero-order valence-electron chi connectivity index (χ0n) is 34.2. The average molecular weight is 961 g/mol. The molecule has 0 aliphatic rings. The second kappa shape index (κ2) is 17.6. The Morgan fingerprint density at radius 3 is 1.88 bits per heavy atom. The molecule has 1 heterocycles. The van der Waals surface area contributed by atoms with Gasteiger partial charge in [0.25, 0.3) is 0 Å². The number of hydrogen-bond donors (Lipinski definition) is 0. The fourth-order valence-electron chi connectivity index (χ4n) is 7.80. The van der Waals surface area contributed by atoms with E-state index < -0.39 is 7.14 Å². The predicted octanol–water partition coefficient (Wildman–Crippen LogP) is 12.6. The maximum absolute atomic E-state index is 14.7. The van der Waals surface area contributed by atoms with Crippen LogP contribution in [0.15, 0.2) is 164 Å². The first-order chi connectivity index (χ1) is 28.0. The predicted molar refractivity (Wildman–Crippen MR) is 245 cm³/mol. The molecule has 0 N–H and O–H groups in total. The summed E-state index contributed by atoms with van der Waals surface area (Å²) >= 11 is 0. The Bertz CT molecular complexity index is 2890. The molecule has 1 unspecified atom stereocenters. The van der Waals surface area contributed by atoms with Crippen LogP contribution in [-0.2, 0) is 24.7 Å². The largest absolute Gasteiger partial charge is 0.311 e. The minimum absolute atomic E-state index is 0.